The maximum Gasteiger partial charge on any atom is 0.306 e. The van der Waals surface area contributed by atoms with Gasteiger partial charge in [-0.15, -0.1) is 0 Å². The van der Waals surface area contributed by atoms with E-state index in [4.69, 9.17) is 5.11 Å². The summed E-state index contributed by atoms with van der Waals surface area (Å²) in [5.74, 6) is -1.17. The number of aliphatic carboxylic acids is 1. The number of hydrogen-bond donors (Lipinski definition) is 1. The molecule has 1 N–H and O–H groups in total. The van der Waals surface area contributed by atoms with Gasteiger partial charge in [0, 0.05) is 25.4 Å². The first-order valence-electron chi connectivity index (χ1n) is 6.27. The van der Waals surface area contributed by atoms with Crippen LogP contribution in [0.1, 0.15) is 18.5 Å². The fraction of sp³-hybridized carbons (Fsp3) is 0.357. The molecule has 0 spiro atoms. The molecule has 1 amide bonds. The summed E-state index contributed by atoms with van der Waals surface area (Å²) in [6.07, 6.45) is 5.88. The van der Waals surface area contributed by atoms with Crippen LogP contribution >= 0.6 is 0 Å². The van der Waals surface area contributed by atoms with Crippen molar-refractivity contribution in [3.63, 3.8) is 0 Å². The second-order valence-corrected chi connectivity index (χ2v) is 4.53. The number of carboxylic acid groups (broad SMARTS) is 1. The highest BCUT2D eigenvalue weighted by atomic mass is 16.4. The zero-order valence-corrected chi connectivity index (χ0v) is 10.5. The van der Waals surface area contributed by atoms with E-state index in [9.17, 15) is 9.59 Å². The van der Waals surface area contributed by atoms with Crippen LogP contribution in [0, 0.1) is 5.92 Å². The minimum Gasteiger partial charge on any atom is -0.481 e. The van der Waals surface area contributed by atoms with E-state index in [1.165, 1.54) is 6.08 Å². The van der Waals surface area contributed by atoms with Crippen molar-refractivity contribution >= 4 is 18.0 Å². The Bertz CT molecular complexity index is 477. The second kappa shape index (κ2) is 6.13. The first kappa shape index (κ1) is 13.3. The third kappa shape index (κ3) is 3.64. The maximum absolute atomic E-state index is 11.9. The molecule has 0 radical (unpaired) electrons. The first-order chi connectivity index (χ1) is 9.16. The Morgan fingerprint density at radius 2 is 2.05 bits per heavy atom. The molecule has 1 aliphatic rings. The number of rotatable bonds is 3. The average molecular weight is 260 g/mol. The second-order valence-electron chi connectivity index (χ2n) is 4.53. The third-order valence-electron chi connectivity index (χ3n) is 3.24. The molecule has 19 heavy (non-hydrogen) atoms. The summed E-state index contributed by atoms with van der Waals surface area (Å²) in [5, 5.41) is 8.89. The van der Waals surface area contributed by atoms with E-state index in [0.717, 1.165) is 5.69 Å². The van der Waals surface area contributed by atoms with Crippen LogP contribution in [0.15, 0.2) is 30.5 Å². The van der Waals surface area contributed by atoms with Crippen molar-refractivity contribution in [3.8, 4) is 0 Å². The van der Waals surface area contributed by atoms with Crippen molar-refractivity contribution in [2.75, 3.05) is 13.1 Å². The molecule has 0 aliphatic carbocycles. The quantitative estimate of drug-likeness (QED) is 0.834. The van der Waals surface area contributed by atoms with Gasteiger partial charge >= 0.3 is 5.97 Å². The van der Waals surface area contributed by atoms with E-state index in [-0.39, 0.29) is 11.8 Å². The highest BCUT2D eigenvalue weighted by Crippen LogP contribution is 2.17. The molecule has 1 aromatic rings. The zero-order chi connectivity index (χ0) is 13.7. The fourth-order valence-electron chi connectivity index (χ4n) is 2.08. The van der Waals surface area contributed by atoms with E-state index >= 15 is 0 Å². The van der Waals surface area contributed by atoms with Crippen molar-refractivity contribution < 1.29 is 14.7 Å². The van der Waals surface area contributed by atoms with Crippen molar-refractivity contribution in [1.29, 1.82) is 0 Å². The number of pyridine rings is 1. The van der Waals surface area contributed by atoms with E-state index in [0.29, 0.717) is 25.9 Å². The SMILES string of the molecule is O=C(O)C1CCN(C(=O)/C=C/c2ccccn2)CC1. The van der Waals surface area contributed by atoms with Crippen LogP contribution < -0.4 is 0 Å². The molecule has 1 aliphatic heterocycles. The Hall–Kier alpha value is -2.17. The van der Waals surface area contributed by atoms with Crippen LogP contribution in [-0.4, -0.2) is 40.0 Å². The predicted octanol–water partition coefficient (Wildman–Crippen LogP) is 1.42. The predicted molar refractivity (Wildman–Crippen MR) is 70.2 cm³/mol. The van der Waals surface area contributed by atoms with E-state index in [2.05, 4.69) is 4.98 Å². The molecule has 2 rings (SSSR count). The molecular weight excluding hydrogens is 244 g/mol. The summed E-state index contributed by atoms with van der Waals surface area (Å²) in [6.45, 7) is 1.00. The number of aromatic nitrogens is 1. The summed E-state index contributed by atoms with van der Waals surface area (Å²) in [5.41, 5.74) is 0.733. The van der Waals surface area contributed by atoms with E-state index in [1.54, 1.807) is 17.2 Å². The fourth-order valence-corrected chi connectivity index (χ4v) is 2.08. The van der Waals surface area contributed by atoms with Crippen molar-refractivity contribution in [3.05, 3.63) is 36.2 Å². The molecule has 1 fully saturated rings. The summed E-state index contributed by atoms with van der Waals surface area (Å²) >= 11 is 0. The molecule has 2 heterocycles. The summed E-state index contributed by atoms with van der Waals surface area (Å²) in [4.78, 5) is 28.5. The maximum atomic E-state index is 11.9. The molecule has 0 aromatic carbocycles. The number of amides is 1. The van der Waals surface area contributed by atoms with Crippen LogP contribution in [0.5, 0.6) is 0 Å². The lowest BCUT2D eigenvalue weighted by Crippen LogP contribution is -2.39. The van der Waals surface area contributed by atoms with Crippen LogP contribution in [0.4, 0.5) is 0 Å². The van der Waals surface area contributed by atoms with Gasteiger partial charge in [-0.2, -0.15) is 0 Å². The van der Waals surface area contributed by atoms with Crippen LogP contribution in [0.2, 0.25) is 0 Å². The number of hydrogen-bond acceptors (Lipinski definition) is 3. The Morgan fingerprint density at radius 3 is 2.63 bits per heavy atom. The highest BCUT2D eigenvalue weighted by Gasteiger charge is 2.25. The van der Waals surface area contributed by atoms with Gasteiger partial charge in [-0.05, 0) is 31.1 Å². The number of likely N-dealkylation sites (tertiary alicyclic amines) is 1. The molecule has 0 atom stereocenters. The number of carboxylic acids is 1. The van der Waals surface area contributed by atoms with Gasteiger partial charge in [0.05, 0.1) is 11.6 Å². The van der Waals surface area contributed by atoms with Crippen LogP contribution in [0.25, 0.3) is 6.08 Å². The third-order valence-corrected chi connectivity index (χ3v) is 3.24. The van der Waals surface area contributed by atoms with Crippen molar-refractivity contribution in [2.45, 2.75) is 12.8 Å². The van der Waals surface area contributed by atoms with Gasteiger partial charge in [0.15, 0.2) is 0 Å². The van der Waals surface area contributed by atoms with Crippen molar-refractivity contribution in [1.82, 2.24) is 9.88 Å². The molecule has 0 unspecified atom stereocenters. The first-order valence-corrected chi connectivity index (χ1v) is 6.27. The Morgan fingerprint density at radius 1 is 1.32 bits per heavy atom. The molecule has 0 bridgehead atoms. The van der Waals surface area contributed by atoms with E-state index < -0.39 is 5.97 Å². The normalized spacial score (nSPS) is 16.7. The largest absolute Gasteiger partial charge is 0.481 e. The number of piperidine rings is 1. The molecule has 5 heteroatoms. The summed E-state index contributed by atoms with van der Waals surface area (Å²) in [6, 6.07) is 5.49. The molecular formula is C14H16N2O3. The summed E-state index contributed by atoms with van der Waals surface area (Å²) < 4.78 is 0. The molecule has 1 aromatic heterocycles. The standard InChI is InChI=1S/C14H16N2O3/c17-13(5-4-12-3-1-2-8-15-12)16-9-6-11(7-10-16)14(18)19/h1-5,8,11H,6-7,9-10H2,(H,18,19)/b5-4+. The minimum absolute atomic E-state index is 0.0884. The molecule has 100 valence electrons. The van der Waals surface area contributed by atoms with E-state index in [1.807, 2.05) is 18.2 Å². The van der Waals surface area contributed by atoms with Crippen molar-refractivity contribution in [2.24, 2.45) is 5.92 Å². The smallest absolute Gasteiger partial charge is 0.306 e. The minimum atomic E-state index is -0.767. The molecule has 5 nitrogen and oxygen atoms in total. The monoisotopic (exact) mass is 260 g/mol. The van der Waals surface area contributed by atoms with Gasteiger partial charge in [-0.3, -0.25) is 14.6 Å². The number of nitrogens with zero attached hydrogens (tertiary/aromatic N) is 2. The van der Waals surface area contributed by atoms with Gasteiger partial charge < -0.3 is 10.0 Å². The van der Waals surface area contributed by atoms with Gasteiger partial charge in [0.2, 0.25) is 5.91 Å². The van der Waals surface area contributed by atoms with Crippen LogP contribution in [0.3, 0.4) is 0 Å². The lowest BCUT2D eigenvalue weighted by molar-refractivity contribution is -0.144. The Balaban J connectivity index is 1.88. The number of carbonyl (C=O) groups is 2. The number of carbonyl (C=O) groups excluding carboxylic acids is 1. The summed E-state index contributed by atoms with van der Waals surface area (Å²) in [7, 11) is 0. The van der Waals surface area contributed by atoms with Crippen LogP contribution in [-0.2, 0) is 9.59 Å². The average Bonchev–Trinajstić information content (AvgIpc) is 2.46. The zero-order valence-electron chi connectivity index (χ0n) is 10.5. The topological polar surface area (TPSA) is 70.5 Å². The molecule has 0 saturated carbocycles. The van der Waals surface area contributed by atoms with Gasteiger partial charge in [0.1, 0.15) is 0 Å². The Labute approximate surface area is 111 Å². The van der Waals surface area contributed by atoms with Gasteiger partial charge in [0.25, 0.3) is 0 Å². The Kier molecular flexibility index (Phi) is 4.28. The molecule has 1 saturated heterocycles. The van der Waals surface area contributed by atoms with Gasteiger partial charge in [-0.25, -0.2) is 0 Å². The van der Waals surface area contributed by atoms with Gasteiger partial charge in [-0.1, -0.05) is 6.07 Å². The lowest BCUT2D eigenvalue weighted by Gasteiger charge is -2.29. The highest BCUT2D eigenvalue weighted by molar-refractivity contribution is 5.91. The lowest BCUT2D eigenvalue weighted by atomic mass is 9.97.